The summed E-state index contributed by atoms with van der Waals surface area (Å²) >= 11 is 0. The molecule has 1 atom stereocenters. The Kier molecular flexibility index (Phi) is 8.97. The Hall–Kier alpha value is -1.88. The number of aliphatic imine (C=N–C) groups is 1. The van der Waals surface area contributed by atoms with Crippen LogP contribution in [0.25, 0.3) is 0 Å². The van der Waals surface area contributed by atoms with Crippen molar-refractivity contribution in [3.8, 4) is 5.75 Å². The van der Waals surface area contributed by atoms with Crippen molar-refractivity contribution in [3.05, 3.63) is 41.0 Å². The maximum atomic E-state index is 6.09. The summed E-state index contributed by atoms with van der Waals surface area (Å²) in [6.07, 6.45) is 1.06. The molecule has 0 bridgehead atoms. The van der Waals surface area contributed by atoms with Crippen molar-refractivity contribution >= 4 is 29.9 Å². The molecule has 28 heavy (non-hydrogen) atoms. The molecule has 0 amide bonds. The Morgan fingerprint density at radius 3 is 2.79 bits per heavy atom. The average Bonchev–Trinajstić information content (AvgIpc) is 3.33. The zero-order valence-corrected chi connectivity index (χ0v) is 18.9. The number of hydrogen-bond acceptors (Lipinski definition) is 6. The van der Waals surface area contributed by atoms with E-state index >= 15 is 0 Å². The fraction of sp³-hybridized carbons (Fsp3) is 0.526. The normalized spacial score (nSPS) is 16.5. The van der Waals surface area contributed by atoms with E-state index < -0.39 is 0 Å². The molecule has 1 aliphatic heterocycles. The predicted octanol–water partition coefficient (Wildman–Crippen LogP) is 2.58. The summed E-state index contributed by atoms with van der Waals surface area (Å²) in [6, 6.07) is 6.24. The quantitative estimate of drug-likeness (QED) is 0.342. The second kappa shape index (κ2) is 11.2. The first-order valence-electron chi connectivity index (χ1n) is 9.18. The first-order valence-corrected chi connectivity index (χ1v) is 9.18. The van der Waals surface area contributed by atoms with Gasteiger partial charge in [-0.25, -0.2) is 0 Å². The second-order valence-electron chi connectivity index (χ2n) is 6.67. The lowest BCUT2D eigenvalue weighted by molar-refractivity contribution is 0.166. The van der Waals surface area contributed by atoms with Gasteiger partial charge in [-0.3, -0.25) is 4.99 Å². The van der Waals surface area contributed by atoms with Crippen LogP contribution >= 0.6 is 24.0 Å². The monoisotopic (exact) mass is 501 g/mol. The van der Waals surface area contributed by atoms with Crippen molar-refractivity contribution in [2.24, 2.45) is 10.9 Å². The Labute approximate surface area is 182 Å². The van der Waals surface area contributed by atoms with Gasteiger partial charge in [-0.2, -0.15) is 4.98 Å². The summed E-state index contributed by atoms with van der Waals surface area (Å²) < 4.78 is 16.6. The summed E-state index contributed by atoms with van der Waals surface area (Å²) in [5.74, 6) is 3.16. The highest BCUT2D eigenvalue weighted by Gasteiger charge is 2.17. The maximum absolute atomic E-state index is 6.09. The molecule has 2 N–H and O–H groups in total. The number of nitrogens with one attached hydrogen (secondary N) is 2. The zero-order chi connectivity index (χ0) is 19.1. The minimum Gasteiger partial charge on any atom is -0.493 e. The van der Waals surface area contributed by atoms with Crippen LogP contribution in [-0.4, -0.2) is 43.0 Å². The Balaban J connectivity index is 0.00000280. The van der Waals surface area contributed by atoms with Gasteiger partial charge in [0, 0.05) is 31.7 Å². The number of hydrogen-bond donors (Lipinski definition) is 2. The van der Waals surface area contributed by atoms with Crippen LogP contribution in [0.3, 0.4) is 0 Å². The minimum atomic E-state index is 0. The number of guanidine groups is 1. The van der Waals surface area contributed by atoms with Crippen LogP contribution in [0.15, 0.2) is 27.7 Å². The van der Waals surface area contributed by atoms with Crippen LogP contribution < -0.4 is 15.4 Å². The number of aromatic nitrogens is 2. The molecule has 1 unspecified atom stereocenters. The van der Waals surface area contributed by atoms with E-state index in [9.17, 15) is 0 Å². The molecule has 9 heteroatoms. The minimum absolute atomic E-state index is 0. The molecule has 1 aliphatic rings. The zero-order valence-electron chi connectivity index (χ0n) is 16.5. The van der Waals surface area contributed by atoms with E-state index in [0.29, 0.717) is 43.3 Å². The summed E-state index contributed by atoms with van der Waals surface area (Å²) in [5.41, 5.74) is 2.25. The standard InChI is InChI=1S/C19H27N5O3.HI/c1-13-4-5-16(17(8-13)26-12-15-6-7-25-11-15)9-21-19(20-3)22-10-18-23-14(2)24-27-18;/h4-5,8,15H,6-7,9-12H2,1-3H3,(H2,20,21,22);1H. The van der Waals surface area contributed by atoms with E-state index in [1.807, 2.05) is 0 Å². The largest absolute Gasteiger partial charge is 0.493 e. The van der Waals surface area contributed by atoms with Gasteiger partial charge in [0.2, 0.25) is 5.89 Å². The number of nitrogens with zero attached hydrogens (tertiary/aromatic N) is 3. The molecule has 0 aliphatic carbocycles. The lowest BCUT2D eigenvalue weighted by atomic mass is 10.1. The predicted molar refractivity (Wildman–Crippen MR) is 117 cm³/mol. The van der Waals surface area contributed by atoms with Crippen LogP contribution in [-0.2, 0) is 17.8 Å². The van der Waals surface area contributed by atoms with E-state index in [1.54, 1.807) is 14.0 Å². The van der Waals surface area contributed by atoms with Crippen LogP contribution in [0, 0.1) is 19.8 Å². The van der Waals surface area contributed by atoms with Gasteiger partial charge in [0.15, 0.2) is 11.8 Å². The van der Waals surface area contributed by atoms with Gasteiger partial charge in [0.1, 0.15) is 5.75 Å². The number of benzene rings is 1. The fourth-order valence-electron chi connectivity index (χ4n) is 2.84. The van der Waals surface area contributed by atoms with Gasteiger partial charge in [0.05, 0.1) is 19.8 Å². The molecule has 8 nitrogen and oxygen atoms in total. The lowest BCUT2D eigenvalue weighted by Gasteiger charge is -2.16. The number of aryl methyl sites for hydroxylation is 2. The van der Waals surface area contributed by atoms with Crippen LogP contribution in [0.1, 0.15) is 29.3 Å². The number of rotatable bonds is 7. The van der Waals surface area contributed by atoms with Crippen molar-refractivity contribution in [2.75, 3.05) is 26.9 Å². The van der Waals surface area contributed by atoms with E-state index in [0.717, 1.165) is 30.9 Å². The summed E-state index contributed by atoms with van der Waals surface area (Å²) in [5, 5.41) is 10.2. The van der Waals surface area contributed by atoms with Gasteiger partial charge in [-0.15, -0.1) is 24.0 Å². The van der Waals surface area contributed by atoms with Crippen molar-refractivity contribution in [2.45, 2.75) is 33.4 Å². The Bertz CT molecular complexity index is 775. The van der Waals surface area contributed by atoms with Gasteiger partial charge >= 0.3 is 0 Å². The molecule has 2 heterocycles. The van der Waals surface area contributed by atoms with Crippen LogP contribution in [0.4, 0.5) is 0 Å². The van der Waals surface area contributed by atoms with Crippen molar-refractivity contribution in [3.63, 3.8) is 0 Å². The third-order valence-electron chi connectivity index (χ3n) is 4.37. The van der Waals surface area contributed by atoms with E-state index in [2.05, 4.69) is 50.9 Å². The second-order valence-corrected chi connectivity index (χ2v) is 6.67. The number of ether oxygens (including phenoxy) is 2. The average molecular weight is 501 g/mol. The van der Waals surface area contributed by atoms with E-state index in [1.165, 1.54) is 5.56 Å². The van der Waals surface area contributed by atoms with Crippen LogP contribution in [0.5, 0.6) is 5.75 Å². The lowest BCUT2D eigenvalue weighted by Crippen LogP contribution is -2.36. The third-order valence-corrected chi connectivity index (χ3v) is 4.37. The molecule has 154 valence electrons. The molecule has 1 aromatic heterocycles. The first-order chi connectivity index (χ1) is 13.1. The van der Waals surface area contributed by atoms with Gasteiger partial charge in [-0.05, 0) is 31.9 Å². The Morgan fingerprint density at radius 2 is 2.11 bits per heavy atom. The maximum Gasteiger partial charge on any atom is 0.246 e. The third kappa shape index (κ3) is 6.62. The van der Waals surface area contributed by atoms with Gasteiger partial charge in [-0.1, -0.05) is 17.3 Å². The summed E-state index contributed by atoms with van der Waals surface area (Å²) in [4.78, 5) is 8.40. The summed E-state index contributed by atoms with van der Waals surface area (Å²) in [7, 11) is 1.72. The van der Waals surface area contributed by atoms with Gasteiger partial charge in [0.25, 0.3) is 0 Å². The molecule has 2 aromatic rings. The molecule has 3 rings (SSSR count). The molecule has 1 aromatic carbocycles. The number of halogens is 1. The van der Waals surface area contributed by atoms with Crippen molar-refractivity contribution < 1.29 is 14.0 Å². The first kappa shape index (κ1) is 22.4. The SMILES string of the molecule is CN=C(NCc1nc(C)no1)NCc1ccc(C)cc1OCC1CCOC1.I. The molecular weight excluding hydrogens is 473 g/mol. The molecule has 0 saturated carbocycles. The van der Waals surface area contributed by atoms with E-state index in [-0.39, 0.29) is 24.0 Å². The van der Waals surface area contributed by atoms with Crippen molar-refractivity contribution in [1.29, 1.82) is 0 Å². The molecule has 1 saturated heterocycles. The van der Waals surface area contributed by atoms with E-state index in [4.69, 9.17) is 14.0 Å². The highest BCUT2D eigenvalue weighted by atomic mass is 127. The smallest absolute Gasteiger partial charge is 0.246 e. The molecule has 0 radical (unpaired) electrons. The van der Waals surface area contributed by atoms with Crippen LogP contribution in [0.2, 0.25) is 0 Å². The molecule has 1 fully saturated rings. The summed E-state index contributed by atoms with van der Waals surface area (Å²) in [6.45, 7) is 7.16. The fourth-order valence-corrected chi connectivity index (χ4v) is 2.84. The van der Waals surface area contributed by atoms with Crippen molar-refractivity contribution in [1.82, 2.24) is 20.8 Å². The topological polar surface area (TPSA) is 93.8 Å². The highest BCUT2D eigenvalue weighted by molar-refractivity contribution is 14.0. The molecular formula is C19H28IN5O3. The van der Waals surface area contributed by atoms with Gasteiger partial charge < -0.3 is 24.6 Å². The Morgan fingerprint density at radius 1 is 1.29 bits per heavy atom. The molecule has 0 spiro atoms. The highest BCUT2D eigenvalue weighted by Crippen LogP contribution is 2.22.